The summed E-state index contributed by atoms with van der Waals surface area (Å²) >= 11 is 6.31. The van der Waals surface area contributed by atoms with E-state index in [1.807, 2.05) is 50.2 Å². The van der Waals surface area contributed by atoms with Crippen molar-refractivity contribution in [1.29, 1.82) is 0 Å². The van der Waals surface area contributed by atoms with Crippen molar-refractivity contribution < 1.29 is 4.74 Å². The van der Waals surface area contributed by atoms with Crippen molar-refractivity contribution in [3.05, 3.63) is 76.2 Å². The Morgan fingerprint density at radius 3 is 2.56 bits per heavy atom. The third kappa shape index (κ3) is 5.54. The van der Waals surface area contributed by atoms with Crippen LogP contribution in [0, 0.1) is 0 Å². The summed E-state index contributed by atoms with van der Waals surface area (Å²) in [5, 5.41) is 0.710. The fourth-order valence-corrected chi connectivity index (χ4v) is 2.49. The topological polar surface area (TPSA) is 46.8 Å². The van der Waals surface area contributed by atoms with Crippen LogP contribution in [0.5, 0.6) is 0 Å². The van der Waals surface area contributed by atoms with Crippen LogP contribution in [0.25, 0.3) is 0 Å². The summed E-state index contributed by atoms with van der Waals surface area (Å²) < 4.78 is 6.00. The van der Waals surface area contributed by atoms with Crippen molar-refractivity contribution >= 4 is 24.2 Å². The lowest BCUT2D eigenvalue weighted by molar-refractivity contribution is 0.290. The standard InChI is InChI=1S/C20H22ClN3O/c1-4-24-20(25-14-16-9-11-23-12-10-16)18(15(2)22-3)13-17-7-5-6-8-19(17)21/h5-12H,3-4,13-14H2,1-2H3/b18-15-,24-20?. The number of halogens is 1. The van der Waals surface area contributed by atoms with Crippen molar-refractivity contribution in [2.45, 2.75) is 26.9 Å². The highest BCUT2D eigenvalue weighted by atomic mass is 35.5. The van der Waals surface area contributed by atoms with Crippen LogP contribution >= 0.6 is 11.6 Å². The van der Waals surface area contributed by atoms with E-state index < -0.39 is 0 Å². The zero-order chi connectivity index (χ0) is 18.1. The van der Waals surface area contributed by atoms with E-state index in [2.05, 4.69) is 21.7 Å². The Morgan fingerprint density at radius 2 is 1.92 bits per heavy atom. The highest BCUT2D eigenvalue weighted by molar-refractivity contribution is 6.31. The third-order valence-corrected chi connectivity index (χ3v) is 4.05. The van der Waals surface area contributed by atoms with Crippen molar-refractivity contribution in [3.63, 3.8) is 0 Å². The number of nitrogens with zero attached hydrogens (tertiary/aromatic N) is 3. The van der Waals surface area contributed by atoms with Crippen molar-refractivity contribution in [1.82, 2.24) is 4.98 Å². The first kappa shape index (κ1) is 18.9. The molecule has 0 radical (unpaired) electrons. The van der Waals surface area contributed by atoms with Crippen molar-refractivity contribution in [2.75, 3.05) is 6.54 Å². The molecule has 0 unspecified atom stereocenters. The van der Waals surface area contributed by atoms with Crippen LogP contribution in [-0.2, 0) is 17.8 Å². The second-order valence-corrected chi connectivity index (χ2v) is 5.82. The molecule has 0 aliphatic carbocycles. The molecule has 0 fully saturated rings. The Hall–Kier alpha value is -2.46. The summed E-state index contributed by atoms with van der Waals surface area (Å²) in [5.74, 6) is 0.573. The number of aromatic nitrogens is 1. The van der Waals surface area contributed by atoms with Crippen LogP contribution in [0.3, 0.4) is 0 Å². The number of hydrogen-bond acceptors (Lipinski definition) is 4. The smallest absolute Gasteiger partial charge is 0.214 e. The van der Waals surface area contributed by atoms with Gasteiger partial charge in [-0.15, -0.1) is 0 Å². The van der Waals surface area contributed by atoms with Gasteiger partial charge in [-0.05, 0) is 49.9 Å². The summed E-state index contributed by atoms with van der Waals surface area (Å²) in [5.41, 5.74) is 3.69. The largest absolute Gasteiger partial charge is 0.473 e. The molecule has 4 nitrogen and oxygen atoms in total. The molecule has 0 aliphatic rings. The number of ether oxygens (including phenoxy) is 1. The Bertz CT molecular complexity index is 770. The molecule has 0 N–H and O–H groups in total. The van der Waals surface area contributed by atoms with E-state index in [4.69, 9.17) is 16.3 Å². The molecule has 1 aromatic carbocycles. The van der Waals surface area contributed by atoms with E-state index in [1.54, 1.807) is 12.4 Å². The lowest BCUT2D eigenvalue weighted by Crippen LogP contribution is -2.13. The first-order valence-corrected chi connectivity index (χ1v) is 8.49. The Labute approximate surface area is 154 Å². The van der Waals surface area contributed by atoms with E-state index in [0.717, 1.165) is 22.4 Å². The van der Waals surface area contributed by atoms with E-state index in [9.17, 15) is 0 Å². The molecule has 0 saturated carbocycles. The molecule has 0 bridgehead atoms. The molecule has 2 aromatic rings. The molecule has 25 heavy (non-hydrogen) atoms. The summed E-state index contributed by atoms with van der Waals surface area (Å²) in [7, 11) is 0. The average Bonchev–Trinajstić information content (AvgIpc) is 2.65. The minimum Gasteiger partial charge on any atom is -0.473 e. The van der Waals surface area contributed by atoms with Crippen LogP contribution in [-0.4, -0.2) is 24.1 Å². The number of hydrogen-bond donors (Lipinski definition) is 0. The quantitative estimate of drug-likeness (QED) is 0.524. The molecule has 0 amide bonds. The van der Waals surface area contributed by atoms with Gasteiger partial charge in [0.15, 0.2) is 0 Å². The predicted molar refractivity (Wildman–Crippen MR) is 104 cm³/mol. The highest BCUT2D eigenvalue weighted by Crippen LogP contribution is 2.22. The number of allylic oxidation sites excluding steroid dienone is 1. The molecular formula is C20H22ClN3O. The zero-order valence-electron chi connectivity index (χ0n) is 14.6. The van der Waals surface area contributed by atoms with Gasteiger partial charge in [0.05, 0.1) is 0 Å². The summed E-state index contributed by atoms with van der Waals surface area (Å²) in [6.45, 7) is 8.55. The normalized spacial score (nSPS) is 12.5. The first-order valence-electron chi connectivity index (χ1n) is 8.12. The van der Waals surface area contributed by atoms with Crippen molar-refractivity contribution in [3.8, 4) is 0 Å². The van der Waals surface area contributed by atoms with Gasteiger partial charge in [-0.25, -0.2) is 0 Å². The predicted octanol–water partition coefficient (Wildman–Crippen LogP) is 4.89. The van der Waals surface area contributed by atoms with E-state index in [1.165, 1.54) is 0 Å². The molecule has 2 rings (SSSR count). The van der Waals surface area contributed by atoms with Gasteiger partial charge in [0, 0.05) is 41.7 Å². The van der Waals surface area contributed by atoms with Gasteiger partial charge in [0.2, 0.25) is 5.90 Å². The van der Waals surface area contributed by atoms with E-state index in [-0.39, 0.29) is 0 Å². The fraction of sp³-hybridized carbons (Fsp3) is 0.250. The van der Waals surface area contributed by atoms with Crippen LogP contribution in [0.15, 0.2) is 70.0 Å². The van der Waals surface area contributed by atoms with Gasteiger partial charge in [-0.2, -0.15) is 0 Å². The van der Waals surface area contributed by atoms with Gasteiger partial charge >= 0.3 is 0 Å². The monoisotopic (exact) mass is 355 g/mol. The molecule has 1 aromatic heterocycles. The first-order chi connectivity index (χ1) is 12.2. The van der Waals surface area contributed by atoms with Crippen molar-refractivity contribution in [2.24, 2.45) is 9.98 Å². The molecule has 130 valence electrons. The Kier molecular flexibility index (Phi) is 7.36. The van der Waals surface area contributed by atoms with Gasteiger partial charge in [0.25, 0.3) is 0 Å². The maximum atomic E-state index is 6.31. The van der Waals surface area contributed by atoms with Crippen LogP contribution < -0.4 is 0 Å². The Balaban J connectivity index is 2.28. The molecule has 5 heteroatoms. The van der Waals surface area contributed by atoms with E-state index >= 15 is 0 Å². The summed E-state index contributed by atoms with van der Waals surface area (Å²) in [4.78, 5) is 12.6. The fourth-order valence-electron chi connectivity index (χ4n) is 2.29. The van der Waals surface area contributed by atoms with Crippen LogP contribution in [0.2, 0.25) is 5.02 Å². The minimum atomic E-state index is 0.414. The van der Waals surface area contributed by atoms with E-state index in [0.29, 0.717) is 30.5 Å². The maximum absolute atomic E-state index is 6.31. The average molecular weight is 356 g/mol. The lowest BCUT2D eigenvalue weighted by Gasteiger charge is -2.15. The molecule has 0 spiro atoms. The Morgan fingerprint density at radius 1 is 1.20 bits per heavy atom. The zero-order valence-corrected chi connectivity index (χ0v) is 15.3. The van der Waals surface area contributed by atoms with Crippen LogP contribution in [0.1, 0.15) is 25.0 Å². The highest BCUT2D eigenvalue weighted by Gasteiger charge is 2.15. The third-order valence-electron chi connectivity index (χ3n) is 3.68. The maximum Gasteiger partial charge on any atom is 0.214 e. The summed E-state index contributed by atoms with van der Waals surface area (Å²) in [6.07, 6.45) is 4.07. The van der Waals surface area contributed by atoms with Gasteiger partial charge in [-0.3, -0.25) is 15.0 Å². The second kappa shape index (κ2) is 9.74. The molecule has 0 atom stereocenters. The minimum absolute atomic E-state index is 0.414. The summed E-state index contributed by atoms with van der Waals surface area (Å²) in [6, 6.07) is 11.6. The number of pyridine rings is 1. The number of benzene rings is 1. The molecule has 0 aliphatic heterocycles. The van der Waals surface area contributed by atoms with Crippen LogP contribution in [0.4, 0.5) is 0 Å². The lowest BCUT2D eigenvalue weighted by atomic mass is 10.0. The SMILES string of the molecule is C=N/C(C)=C(/Cc1ccccc1Cl)C(=NCC)OCc1ccncc1. The molecule has 1 heterocycles. The van der Waals surface area contributed by atoms with Gasteiger partial charge in [-0.1, -0.05) is 29.8 Å². The number of aliphatic imine (C=N–C) groups is 2. The van der Waals surface area contributed by atoms with Gasteiger partial charge < -0.3 is 4.74 Å². The second-order valence-electron chi connectivity index (χ2n) is 5.41. The van der Waals surface area contributed by atoms with Gasteiger partial charge in [0.1, 0.15) is 6.61 Å². The molecular weight excluding hydrogens is 334 g/mol. The number of rotatable bonds is 7. The molecule has 0 saturated heterocycles.